The molecule has 3 N–H and O–H groups in total. The quantitative estimate of drug-likeness (QED) is 0.711. The molecule has 14 heavy (non-hydrogen) atoms. The summed E-state index contributed by atoms with van der Waals surface area (Å²) < 4.78 is 10.8. The van der Waals surface area contributed by atoms with Crippen LogP contribution in [-0.2, 0) is 10.8 Å². The lowest BCUT2D eigenvalue weighted by atomic mass is 10.4. The first-order valence-electron chi connectivity index (χ1n) is 4.44. The molecule has 1 aromatic rings. The molecule has 0 aliphatic heterocycles. The van der Waals surface area contributed by atoms with Crippen LogP contribution in [0.4, 0.5) is 11.5 Å². The maximum Gasteiger partial charge on any atom is 0.127 e. The number of aromatic nitrogens is 1. The lowest BCUT2D eigenvalue weighted by molar-refractivity contribution is 0.685. The molecular formula is C9H15N3OS. The summed E-state index contributed by atoms with van der Waals surface area (Å²) in [4.78, 5) is 4.09. The molecule has 0 amide bonds. The molecule has 0 aliphatic carbocycles. The Balaban J connectivity index is 2.28. The zero-order valence-electron chi connectivity index (χ0n) is 8.19. The molecule has 1 unspecified atom stereocenters. The van der Waals surface area contributed by atoms with Gasteiger partial charge in [0.05, 0.1) is 0 Å². The van der Waals surface area contributed by atoms with Crippen LogP contribution in [0.15, 0.2) is 18.3 Å². The number of hydrogen-bond acceptors (Lipinski definition) is 4. The summed E-state index contributed by atoms with van der Waals surface area (Å²) in [6, 6.07) is 3.52. The standard InChI is InChI=1S/C9H15N3OS/c1-14(13)6-2-4-11-9-7-8(10)3-5-12-9/h3,5,7H,2,4,6H2,1H3,(H3,10,11,12). The molecule has 4 nitrogen and oxygen atoms in total. The average molecular weight is 213 g/mol. The lowest BCUT2D eigenvalue weighted by Gasteiger charge is -2.04. The van der Waals surface area contributed by atoms with Gasteiger partial charge in [-0.1, -0.05) is 0 Å². The van der Waals surface area contributed by atoms with E-state index in [2.05, 4.69) is 10.3 Å². The maximum absolute atomic E-state index is 10.8. The number of hydrogen-bond donors (Lipinski definition) is 2. The van der Waals surface area contributed by atoms with Crippen LogP contribution in [0.5, 0.6) is 0 Å². The van der Waals surface area contributed by atoms with Gasteiger partial charge in [0.2, 0.25) is 0 Å². The molecule has 0 fully saturated rings. The molecule has 1 aromatic heterocycles. The van der Waals surface area contributed by atoms with Crippen molar-refractivity contribution < 1.29 is 4.21 Å². The van der Waals surface area contributed by atoms with Crippen molar-refractivity contribution in [2.75, 3.05) is 29.6 Å². The Morgan fingerprint density at radius 1 is 1.64 bits per heavy atom. The van der Waals surface area contributed by atoms with Gasteiger partial charge in [-0.3, -0.25) is 4.21 Å². The Labute approximate surface area is 86.4 Å². The number of pyridine rings is 1. The topological polar surface area (TPSA) is 68.0 Å². The van der Waals surface area contributed by atoms with Gasteiger partial charge in [-0.2, -0.15) is 0 Å². The third-order valence-corrected chi connectivity index (χ3v) is 2.56. The van der Waals surface area contributed by atoms with Gasteiger partial charge < -0.3 is 11.1 Å². The van der Waals surface area contributed by atoms with Crippen molar-refractivity contribution in [3.05, 3.63) is 18.3 Å². The summed E-state index contributed by atoms with van der Waals surface area (Å²) in [6.45, 7) is 0.774. The summed E-state index contributed by atoms with van der Waals surface area (Å²) in [5.74, 6) is 1.49. The minimum absolute atomic E-state index is 0.696. The zero-order valence-corrected chi connectivity index (χ0v) is 9.01. The normalized spacial score (nSPS) is 12.4. The molecule has 0 saturated carbocycles. The predicted molar refractivity (Wildman–Crippen MR) is 60.7 cm³/mol. The first kappa shape index (κ1) is 11.0. The lowest BCUT2D eigenvalue weighted by Crippen LogP contribution is -2.07. The Bertz CT molecular complexity index is 317. The van der Waals surface area contributed by atoms with Crippen LogP contribution in [0.3, 0.4) is 0 Å². The van der Waals surface area contributed by atoms with E-state index in [0.717, 1.165) is 24.5 Å². The van der Waals surface area contributed by atoms with E-state index < -0.39 is 10.8 Å². The molecule has 0 bridgehead atoms. The van der Waals surface area contributed by atoms with Gasteiger partial charge in [-0.15, -0.1) is 0 Å². The summed E-state index contributed by atoms with van der Waals surface area (Å²) >= 11 is 0. The second kappa shape index (κ2) is 5.59. The Morgan fingerprint density at radius 2 is 2.43 bits per heavy atom. The molecule has 0 saturated heterocycles. The highest BCUT2D eigenvalue weighted by Crippen LogP contribution is 2.07. The van der Waals surface area contributed by atoms with Gasteiger partial charge in [0.15, 0.2) is 0 Å². The van der Waals surface area contributed by atoms with Crippen LogP contribution < -0.4 is 11.1 Å². The molecule has 0 aliphatic rings. The van der Waals surface area contributed by atoms with Gasteiger partial charge in [0.25, 0.3) is 0 Å². The second-order valence-corrected chi connectivity index (χ2v) is 4.59. The number of nitrogen functional groups attached to an aromatic ring is 1. The molecule has 78 valence electrons. The second-order valence-electron chi connectivity index (χ2n) is 3.03. The van der Waals surface area contributed by atoms with Crippen LogP contribution in [0.2, 0.25) is 0 Å². The number of nitrogens with one attached hydrogen (secondary N) is 1. The molecule has 0 spiro atoms. The average Bonchev–Trinajstić information content (AvgIpc) is 2.12. The van der Waals surface area contributed by atoms with E-state index in [1.54, 1.807) is 24.6 Å². The fourth-order valence-corrected chi connectivity index (χ4v) is 1.59. The Hall–Kier alpha value is -1.10. The predicted octanol–water partition coefficient (Wildman–Crippen LogP) is 0.844. The van der Waals surface area contributed by atoms with Crippen molar-refractivity contribution in [3.8, 4) is 0 Å². The van der Waals surface area contributed by atoms with Crippen LogP contribution >= 0.6 is 0 Å². The van der Waals surface area contributed by atoms with Crippen molar-refractivity contribution in [1.29, 1.82) is 0 Å². The van der Waals surface area contributed by atoms with Gasteiger partial charge in [0, 0.05) is 47.3 Å². The van der Waals surface area contributed by atoms with Crippen LogP contribution in [0, 0.1) is 0 Å². The number of nitrogens with two attached hydrogens (primary N) is 1. The fraction of sp³-hybridized carbons (Fsp3) is 0.444. The minimum atomic E-state index is -0.713. The van der Waals surface area contributed by atoms with Crippen molar-refractivity contribution in [2.24, 2.45) is 0 Å². The van der Waals surface area contributed by atoms with Gasteiger partial charge in [-0.25, -0.2) is 4.98 Å². The van der Waals surface area contributed by atoms with E-state index in [1.165, 1.54) is 0 Å². The van der Waals surface area contributed by atoms with Crippen LogP contribution in [-0.4, -0.2) is 27.7 Å². The van der Waals surface area contributed by atoms with Crippen LogP contribution in [0.25, 0.3) is 0 Å². The first-order chi connectivity index (χ1) is 6.68. The fourth-order valence-electron chi connectivity index (χ4n) is 1.04. The smallest absolute Gasteiger partial charge is 0.127 e. The SMILES string of the molecule is CS(=O)CCCNc1cc(N)ccn1. The number of rotatable bonds is 5. The first-order valence-corrected chi connectivity index (χ1v) is 6.16. The summed E-state index contributed by atoms with van der Waals surface area (Å²) in [5.41, 5.74) is 6.28. The molecule has 0 radical (unpaired) electrons. The highest BCUT2D eigenvalue weighted by molar-refractivity contribution is 7.84. The molecule has 5 heteroatoms. The van der Waals surface area contributed by atoms with Crippen molar-refractivity contribution >= 4 is 22.3 Å². The number of nitrogens with zero attached hydrogens (tertiary/aromatic N) is 1. The monoisotopic (exact) mass is 213 g/mol. The van der Waals surface area contributed by atoms with Gasteiger partial charge in [-0.05, 0) is 12.5 Å². The van der Waals surface area contributed by atoms with E-state index >= 15 is 0 Å². The molecule has 1 atom stereocenters. The van der Waals surface area contributed by atoms with Crippen molar-refractivity contribution in [2.45, 2.75) is 6.42 Å². The molecule has 0 aromatic carbocycles. The highest BCUT2D eigenvalue weighted by Gasteiger charge is 1.94. The van der Waals surface area contributed by atoms with E-state index in [9.17, 15) is 4.21 Å². The van der Waals surface area contributed by atoms with Gasteiger partial charge in [0.1, 0.15) is 5.82 Å². The van der Waals surface area contributed by atoms with E-state index in [0.29, 0.717) is 5.69 Å². The molecule has 1 rings (SSSR count). The minimum Gasteiger partial charge on any atom is -0.399 e. The summed E-state index contributed by atoms with van der Waals surface area (Å²) in [6.07, 6.45) is 4.24. The maximum atomic E-state index is 10.8. The van der Waals surface area contributed by atoms with Gasteiger partial charge >= 0.3 is 0 Å². The summed E-state index contributed by atoms with van der Waals surface area (Å²) in [5, 5.41) is 3.12. The third kappa shape index (κ3) is 4.23. The number of anilines is 2. The largest absolute Gasteiger partial charge is 0.399 e. The third-order valence-electron chi connectivity index (χ3n) is 1.70. The highest BCUT2D eigenvalue weighted by atomic mass is 32.2. The Kier molecular flexibility index (Phi) is 4.39. The summed E-state index contributed by atoms with van der Waals surface area (Å²) in [7, 11) is -0.713. The Morgan fingerprint density at radius 3 is 3.07 bits per heavy atom. The van der Waals surface area contributed by atoms with E-state index in [-0.39, 0.29) is 0 Å². The van der Waals surface area contributed by atoms with E-state index in [4.69, 9.17) is 5.73 Å². The molecule has 1 heterocycles. The van der Waals surface area contributed by atoms with E-state index in [1.807, 2.05) is 0 Å². The van der Waals surface area contributed by atoms with Crippen LogP contribution in [0.1, 0.15) is 6.42 Å². The molecular weight excluding hydrogens is 198 g/mol. The zero-order chi connectivity index (χ0) is 10.4. The van der Waals surface area contributed by atoms with Crippen molar-refractivity contribution in [1.82, 2.24) is 4.98 Å². The van der Waals surface area contributed by atoms with Crippen molar-refractivity contribution in [3.63, 3.8) is 0 Å².